The van der Waals surface area contributed by atoms with Gasteiger partial charge in [-0.3, -0.25) is 0 Å². The SMILES string of the molecule is CCCCNc1nc(N)ncc1CCCC(C)C. The van der Waals surface area contributed by atoms with Crippen molar-refractivity contribution < 1.29 is 0 Å². The molecule has 102 valence electrons. The Morgan fingerprint density at radius 3 is 2.78 bits per heavy atom. The number of nitrogen functional groups attached to an aromatic ring is 1. The Balaban J connectivity index is 2.58. The summed E-state index contributed by atoms with van der Waals surface area (Å²) in [6.45, 7) is 7.63. The molecule has 0 aliphatic rings. The number of nitrogens with one attached hydrogen (secondary N) is 1. The first-order valence-corrected chi connectivity index (χ1v) is 6.98. The van der Waals surface area contributed by atoms with E-state index in [1.54, 1.807) is 0 Å². The molecule has 0 aliphatic carbocycles. The first-order chi connectivity index (χ1) is 8.63. The van der Waals surface area contributed by atoms with E-state index in [0.717, 1.165) is 31.1 Å². The highest BCUT2D eigenvalue weighted by molar-refractivity contribution is 5.46. The summed E-state index contributed by atoms with van der Waals surface area (Å²) in [7, 11) is 0. The average Bonchev–Trinajstić information content (AvgIpc) is 2.32. The quantitative estimate of drug-likeness (QED) is 0.695. The van der Waals surface area contributed by atoms with E-state index in [4.69, 9.17) is 5.73 Å². The molecule has 4 nitrogen and oxygen atoms in total. The Morgan fingerprint density at radius 2 is 2.11 bits per heavy atom. The fourth-order valence-corrected chi connectivity index (χ4v) is 1.84. The van der Waals surface area contributed by atoms with Gasteiger partial charge in [0.2, 0.25) is 5.95 Å². The van der Waals surface area contributed by atoms with Crippen LogP contribution in [0.15, 0.2) is 6.20 Å². The molecule has 0 spiro atoms. The lowest BCUT2D eigenvalue weighted by Crippen LogP contribution is -2.09. The standard InChI is InChI=1S/C14H26N4/c1-4-5-9-16-13-12(8-6-7-11(2)3)10-17-14(15)18-13/h10-11H,4-9H2,1-3H3,(H3,15,16,17,18). The molecule has 0 radical (unpaired) electrons. The van der Waals surface area contributed by atoms with E-state index in [1.807, 2.05) is 6.20 Å². The molecule has 0 aromatic carbocycles. The molecule has 1 rings (SSSR count). The smallest absolute Gasteiger partial charge is 0.221 e. The summed E-state index contributed by atoms with van der Waals surface area (Å²) < 4.78 is 0. The van der Waals surface area contributed by atoms with Gasteiger partial charge in [0.25, 0.3) is 0 Å². The zero-order valence-electron chi connectivity index (χ0n) is 11.9. The Kier molecular flexibility index (Phi) is 6.47. The highest BCUT2D eigenvalue weighted by Crippen LogP contribution is 2.17. The Hall–Kier alpha value is -1.32. The van der Waals surface area contributed by atoms with Gasteiger partial charge >= 0.3 is 0 Å². The highest BCUT2D eigenvalue weighted by atomic mass is 15.1. The molecule has 1 aromatic heterocycles. The molecular formula is C14H26N4. The second-order valence-corrected chi connectivity index (χ2v) is 5.17. The van der Waals surface area contributed by atoms with E-state index in [1.165, 1.54) is 24.8 Å². The molecular weight excluding hydrogens is 224 g/mol. The largest absolute Gasteiger partial charge is 0.370 e. The normalized spacial score (nSPS) is 10.9. The third-order valence-corrected chi connectivity index (χ3v) is 2.93. The van der Waals surface area contributed by atoms with Crippen LogP contribution in [0.4, 0.5) is 11.8 Å². The van der Waals surface area contributed by atoms with Crippen LogP contribution in [0.3, 0.4) is 0 Å². The molecule has 1 aromatic rings. The number of unbranched alkanes of at least 4 members (excludes halogenated alkanes) is 1. The predicted molar refractivity (Wildman–Crippen MR) is 77.6 cm³/mol. The van der Waals surface area contributed by atoms with Crippen molar-refractivity contribution in [3.8, 4) is 0 Å². The van der Waals surface area contributed by atoms with E-state index in [2.05, 4.69) is 36.1 Å². The molecule has 3 N–H and O–H groups in total. The van der Waals surface area contributed by atoms with Gasteiger partial charge < -0.3 is 11.1 Å². The Labute approximate surface area is 110 Å². The summed E-state index contributed by atoms with van der Waals surface area (Å²) >= 11 is 0. The fourth-order valence-electron chi connectivity index (χ4n) is 1.84. The van der Waals surface area contributed by atoms with Crippen LogP contribution in [0.1, 0.15) is 52.0 Å². The number of nitrogens with two attached hydrogens (primary N) is 1. The number of aryl methyl sites for hydroxylation is 1. The first-order valence-electron chi connectivity index (χ1n) is 6.98. The molecule has 1 heterocycles. The van der Waals surface area contributed by atoms with Crippen LogP contribution in [-0.4, -0.2) is 16.5 Å². The maximum Gasteiger partial charge on any atom is 0.221 e. The molecule has 0 unspecified atom stereocenters. The average molecular weight is 250 g/mol. The topological polar surface area (TPSA) is 63.8 Å². The lowest BCUT2D eigenvalue weighted by Gasteiger charge is -2.11. The van der Waals surface area contributed by atoms with Crippen molar-refractivity contribution in [1.82, 2.24) is 9.97 Å². The monoisotopic (exact) mass is 250 g/mol. The van der Waals surface area contributed by atoms with Gasteiger partial charge in [-0.1, -0.05) is 33.6 Å². The third-order valence-electron chi connectivity index (χ3n) is 2.93. The van der Waals surface area contributed by atoms with Crippen molar-refractivity contribution in [2.45, 2.75) is 52.9 Å². The summed E-state index contributed by atoms with van der Waals surface area (Å²) in [5.41, 5.74) is 6.83. The molecule has 0 amide bonds. The molecule has 0 bridgehead atoms. The van der Waals surface area contributed by atoms with Crippen LogP contribution in [0, 0.1) is 5.92 Å². The number of rotatable bonds is 8. The minimum atomic E-state index is 0.349. The minimum absolute atomic E-state index is 0.349. The van der Waals surface area contributed by atoms with Crippen LogP contribution in [0.2, 0.25) is 0 Å². The molecule has 18 heavy (non-hydrogen) atoms. The highest BCUT2D eigenvalue weighted by Gasteiger charge is 2.06. The Morgan fingerprint density at radius 1 is 1.33 bits per heavy atom. The minimum Gasteiger partial charge on any atom is -0.370 e. The molecule has 0 saturated carbocycles. The van der Waals surface area contributed by atoms with Gasteiger partial charge in [-0.2, -0.15) is 4.98 Å². The summed E-state index contributed by atoms with van der Waals surface area (Å²) in [6.07, 6.45) is 7.61. The van der Waals surface area contributed by atoms with Crippen molar-refractivity contribution >= 4 is 11.8 Å². The van der Waals surface area contributed by atoms with E-state index >= 15 is 0 Å². The van der Waals surface area contributed by atoms with Gasteiger partial charge in [0.15, 0.2) is 0 Å². The number of hydrogen-bond donors (Lipinski definition) is 2. The van der Waals surface area contributed by atoms with Crippen molar-refractivity contribution in [2.24, 2.45) is 5.92 Å². The van der Waals surface area contributed by atoms with Gasteiger partial charge in [-0.15, -0.1) is 0 Å². The van der Waals surface area contributed by atoms with Crippen LogP contribution in [-0.2, 0) is 6.42 Å². The van der Waals surface area contributed by atoms with E-state index in [9.17, 15) is 0 Å². The fraction of sp³-hybridized carbons (Fsp3) is 0.714. The first kappa shape index (κ1) is 14.7. The molecule has 0 aliphatic heterocycles. The van der Waals surface area contributed by atoms with Crippen LogP contribution < -0.4 is 11.1 Å². The second kappa shape index (κ2) is 7.90. The third kappa shape index (κ3) is 5.34. The van der Waals surface area contributed by atoms with E-state index < -0.39 is 0 Å². The second-order valence-electron chi connectivity index (χ2n) is 5.17. The summed E-state index contributed by atoms with van der Waals surface area (Å²) in [4.78, 5) is 8.39. The predicted octanol–water partition coefficient (Wildman–Crippen LogP) is 3.25. The zero-order chi connectivity index (χ0) is 13.4. The molecule has 0 saturated heterocycles. The van der Waals surface area contributed by atoms with Crippen molar-refractivity contribution in [3.63, 3.8) is 0 Å². The molecule has 0 atom stereocenters. The summed E-state index contributed by atoms with van der Waals surface area (Å²) in [5, 5.41) is 3.36. The van der Waals surface area contributed by atoms with Crippen LogP contribution in [0.5, 0.6) is 0 Å². The zero-order valence-corrected chi connectivity index (χ0v) is 11.9. The van der Waals surface area contributed by atoms with E-state index in [-0.39, 0.29) is 0 Å². The molecule has 4 heteroatoms. The molecule has 0 fully saturated rings. The van der Waals surface area contributed by atoms with Crippen molar-refractivity contribution in [1.29, 1.82) is 0 Å². The van der Waals surface area contributed by atoms with Gasteiger partial charge in [-0.05, 0) is 25.2 Å². The van der Waals surface area contributed by atoms with Crippen LogP contribution >= 0.6 is 0 Å². The van der Waals surface area contributed by atoms with Crippen LogP contribution in [0.25, 0.3) is 0 Å². The number of anilines is 2. The lowest BCUT2D eigenvalue weighted by molar-refractivity contribution is 0.555. The van der Waals surface area contributed by atoms with Crippen molar-refractivity contribution in [2.75, 3.05) is 17.6 Å². The van der Waals surface area contributed by atoms with Gasteiger partial charge in [0, 0.05) is 18.3 Å². The van der Waals surface area contributed by atoms with E-state index in [0.29, 0.717) is 5.95 Å². The number of nitrogens with zero attached hydrogens (tertiary/aromatic N) is 2. The summed E-state index contributed by atoms with van der Waals surface area (Å²) in [6, 6.07) is 0. The lowest BCUT2D eigenvalue weighted by atomic mass is 10.0. The van der Waals surface area contributed by atoms with Gasteiger partial charge in [-0.25, -0.2) is 4.98 Å². The maximum absolute atomic E-state index is 5.65. The number of hydrogen-bond acceptors (Lipinski definition) is 4. The van der Waals surface area contributed by atoms with Gasteiger partial charge in [0.05, 0.1) is 0 Å². The Bertz CT molecular complexity index is 350. The van der Waals surface area contributed by atoms with Crippen molar-refractivity contribution in [3.05, 3.63) is 11.8 Å². The summed E-state index contributed by atoms with van der Waals surface area (Å²) in [5.74, 6) is 2.01. The van der Waals surface area contributed by atoms with Gasteiger partial charge in [0.1, 0.15) is 5.82 Å². The number of aromatic nitrogens is 2. The maximum atomic E-state index is 5.65.